The molecule has 1 unspecified atom stereocenters. The lowest BCUT2D eigenvalue weighted by molar-refractivity contribution is 0.502. The van der Waals surface area contributed by atoms with E-state index in [0.29, 0.717) is 11.1 Å². The summed E-state index contributed by atoms with van der Waals surface area (Å²) in [6.07, 6.45) is 3.49. The molecule has 0 aliphatic carbocycles. The molecule has 4 nitrogen and oxygen atoms in total. The lowest BCUT2D eigenvalue weighted by atomic mass is 10.1. The van der Waals surface area contributed by atoms with Gasteiger partial charge in [-0.15, -0.1) is 0 Å². The van der Waals surface area contributed by atoms with Gasteiger partial charge in [0, 0.05) is 24.2 Å². The van der Waals surface area contributed by atoms with Crippen molar-refractivity contribution in [2.75, 3.05) is 0 Å². The molecule has 3 rings (SSSR count). The van der Waals surface area contributed by atoms with Crippen LogP contribution in [0.15, 0.2) is 41.1 Å². The second-order valence-electron chi connectivity index (χ2n) is 4.23. The fourth-order valence-corrected chi connectivity index (χ4v) is 1.97. The molecule has 2 aromatic heterocycles. The van der Waals surface area contributed by atoms with Gasteiger partial charge in [0.15, 0.2) is 11.4 Å². The Hall–Kier alpha value is -2.14. The van der Waals surface area contributed by atoms with Crippen LogP contribution in [-0.2, 0) is 7.05 Å². The number of nitrogens with zero attached hydrogens (tertiary/aromatic N) is 2. The van der Waals surface area contributed by atoms with Crippen LogP contribution in [0.2, 0.25) is 0 Å². The molecule has 0 aliphatic heterocycles. The maximum absolute atomic E-state index is 13.5. The van der Waals surface area contributed by atoms with Gasteiger partial charge in [0.2, 0.25) is 0 Å². The second kappa shape index (κ2) is 3.96. The van der Waals surface area contributed by atoms with Crippen LogP contribution in [-0.4, -0.2) is 9.78 Å². The summed E-state index contributed by atoms with van der Waals surface area (Å²) in [4.78, 5) is 0. The Morgan fingerprint density at radius 1 is 1.44 bits per heavy atom. The Labute approximate surface area is 103 Å². The van der Waals surface area contributed by atoms with Gasteiger partial charge in [-0.2, -0.15) is 5.10 Å². The molecule has 0 saturated heterocycles. The summed E-state index contributed by atoms with van der Waals surface area (Å²) in [6, 6.07) is 6.13. The number of hydrogen-bond acceptors (Lipinski definition) is 3. The van der Waals surface area contributed by atoms with E-state index >= 15 is 0 Å². The fourth-order valence-electron chi connectivity index (χ4n) is 1.97. The molecule has 0 bridgehead atoms. The topological polar surface area (TPSA) is 57.0 Å². The van der Waals surface area contributed by atoms with Crippen LogP contribution >= 0.6 is 0 Å². The SMILES string of the molecule is Cn1cc(C(N)c2cc3cccc(F)c3o2)cn1. The third kappa shape index (κ3) is 1.69. The summed E-state index contributed by atoms with van der Waals surface area (Å²) in [5, 5.41) is 4.77. The van der Waals surface area contributed by atoms with E-state index in [9.17, 15) is 4.39 Å². The zero-order chi connectivity index (χ0) is 12.7. The van der Waals surface area contributed by atoms with Crippen molar-refractivity contribution in [1.82, 2.24) is 9.78 Å². The Morgan fingerprint density at radius 3 is 2.94 bits per heavy atom. The normalized spacial score (nSPS) is 13.1. The van der Waals surface area contributed by atoms with Crippen LogP contribution in [0.25, 0.3) is 11.0 Å². The highest BCUT2D eigenvalue weighted by atomic mass is 19.1. The van der Waals surface area contributed by atoms with Crippen molar-refractivity contribution in [1.29, 1.82) is 0 Å². The molecular weight excluding hydrogens is 233 g/mol. The number of rotatable bonds is 2. The molecule has 5 heteroatoms. The molecule has 2 N–H and O–H groups in total. The van der Waals surface area contributed by atoms with Gasteiger partial charge in [0.1, 0.15) is 5.76 Å². The van der Waals surface area contributed by atoms with Crippen molar-refractivity contribution in [3.8, 4) is 0 Å². The van der Waals surface area contributed by atoms with E-state index < -0.39 is 6.04 Å². The first-order valence-electron chi connectivity index (χ1n) is 5.57. The average molecular weight is 245 g/mol. The van der Waals surface area contributed by atoms with Gasteiger partial charge in [-0.25, -0.2) is 4.39 Å². The van der Waals surface area contributed by atoms with Crippen LogP contribution in [0.4, 0.5) is 4.39 Å². The maximum Gasteiger partial charge on any atom is 0.169 e. The summed E-state index contributed by atoms with van der Waals surface area (Å²) in [5.41, 5.74) is 7.15. The van der Waals surface area contributed by atoms with Crippen molar-refractivity contribution < 1.29 is 8.81 Å². The number of halogens is 1. The molecule has 0 radical (unpaired) electrons. The summed E-state index contributed by atoms with van der Waals surface area (Å²) in [5.74, 6) is 0.153. The molecule has 0 fully saturated rings. The molecule has 3 aromatic rings. The van der Waals surface area contributed by atoms with E-state index in [1.54, 1.807) is 29.1 Å². The van der Waals surface area contributed by atoms with Crippen molar-refractivity contribution >= 4 is 11.0 Å². The minimum absolute atomic E-state index is 0.242. The molecule has 0 amide bonds. The zero-order valence-electron chi connectivity index (χ0n) is 9.80. The van der Waals surface area contributed by atoms with Crippen LogP contribution in [0.5, 0.6) is 0 Å². The van der Waals surface area contributed by atoms with Gasteiger partial charge in [0.25, 0.3) is 0 Å². The summed E-state index contributed by atoms with van der Waals surface area (Å²) in [7, 11) is 1.81. The number of fused-ring (bicyclic) bond motifs is 1. The third-order valence-corrected chi connectivity index (χ3v) is 2.91. The number of hydrogen-bond donors (Lipinski definition) is 1. The van der Waals surface area contributed by atoms with Crippen molar-refractivity contribution in [2.24, 2.45) is 12.8 Å². The van der Waals surface area contributed by atoms with Gasteiger partial charge in [0.05, 0.1) is 12.2 Å². The highest BCUT2D eigenvalue weighted by molar-refractivity contribution is 5.78. The Balaban J connectivity index is 2.06. The van der Waals surface area contributed by atoms with Crippen molar-refractivity contribution in [2.45, 2.75) is 6.04 Å². The first kappa shape index (κ1) is 11.0. The first-order valence-corrected chi connectivity index (χ1v) is 5.57. The Morgan fingerprint density at radius 2 is 2.28 bits per heavy atom. The van der Waals surface area contributed by atoms with Crippen LogP contribution in [0.1, 0.15) is 17.4 Å². The summed E-state index contributed by atoms with van der Waals surface area (Å²) in [6.45, 7) is 0. The number of para-hydroxylation sites is 1. The molecule has 92 valence electrons. The molecule has 0 saturated carbocycles. The standard InChI is InChI=1S/C13H12FN3O/c1-17-7-9(6-16-17)12(15)11-5-8-3-2-4-10(14)13(8)18-11/h2-7,12H,15H2,1H3. The predicted octanol–water partition coefficient (Wildman–Crippen LogP) is 2.35. The maximum atomic E-state index is 13.5. The highest BCUT2D eigenvalue weighted by Crippen LogP contribution is 2.27. The smallest absolute Gasteiger partial charge is 0.169 e. The number of benzene rings is 1. The Bertz CT molecular complexity index is 701. The molecule has 2 heterocycles. The fraction of sp³-hybridized carbons (Fsp3) is 0.154. The molecule has 1 aromatic carbocycles. The van der Waals surface area contributed by atoms with E-state index in [1.807, 2.05) is 13.2 Å². The van der Waals surface area contributed by atoms with E-state index in [-0.39, 0.29) is 11.4 Å². The molecule has 18 heavy (non-hydrogen) atoms. The van der Waals surface area contributed by atoms with Crippen molar-refractivity contribution in [3.63, 3.8) is 0 Å². The number of aromatic nitrogens is 2. The van der Waals surface area contributed by atoms with E-state index in [4.69, 9.17) is 10.2 Å². The van der Waals surface area contributed by atoms with Crippen LogP contribution in [0, 0.1) is 5.82 Å². The zero-order valence-corrected chi connectivity index (χ0v) is 9.80. The number of furan rings is 1. The number of nitrogens with two attached hydrogens (primary N) is 1. The van der Waals surface area contributed by atoms with Gasteiger partial charge in [-0.05, 0) is 12.1 Å². The minimum atomic E-state index is -0.439. The van der Waals surface area contributed by atoms with Gasteiger partial charge in [-0.3, -0.25) is 4.68 Å². The lowest BCUT2D eigenvalue weighted by Gasteiger charge is -2.04. The predicted molar refractivity (Wildman–Crippen MR) is 65.4 cm³/mol. The first-order chi connectivity index (χ1) is 8.65. The minimum Gasteiger partial charge on any atom is -0.456 e. The summed E-state index contributed by atoms with van der Waals surface area (Å²) < 4.78 is 20.7. The Kier molecular flexibility index (Phi) is 2.41. The highest BCUT2D eigenvalue weighted by Gasteiger charge is 2.16. The van der Waals surface area contributed by atoms with Crippen LogP contribution < -0.4 is 5.73 Å². The van der Waals surface area contributed by atoms with Crippen molar-refractivity contribution in [3.05, 3.63) is 53.8 Å². The van der Waals surface area contributed by atoms with E-state index in [2.05, 4.69) is 5.10 Å². The summed E-state index contributed by atoms with van der Waals surface area (Å²) >= 11 is 0. The van der Waals surface area contributed by atoms with E-state index in [0.717, 1.165) is 5.56 Å². The molecule has 1 atom stereocenters. The molecule has 0 aliphatic rings. The number of aryl methyl sites for hydroxylation is 1. The quantitative estimate of drug-likeness (QED) is 0.754. The van der Waals surface area contributed by atoms with Gasteiger partial charge < -0.3 is 10.2 Å². The lowest BCUT2D eigenvalue weighted by Crippen LogP contribution is -2.09. The molecule has 0 spiro atoms. The van der Waals surface area contributed by atoms with Gasteiger partial charge in [-0.1, -0.05) is 12.1 Å². The average Bonchev–Trinajstić information content (AvgIpc) is 2.95. The second-order valence-corrected chi connectivity index (χ2v) is 4.23. The third-order valence-electron chi connectivity index (χ3n) is 2.91. The molecular formula is C13H12FN3O. The van der Waals surface area contributed by atoms with Gasteiger partial charge >= 0.3 is 0 Å². The largest absolute Gasteiger partial charge is 0.456 e. The van der Waals surface area contributed by atoms with E-state index in [1.165, 1.54) is 6.07 Å². The monoisotopic (exact) mass is 245 g/mol. The van der Waals surface area contributed by atoms with Crippen LogP contribution in [0.3, 0.4) is 0 Å².